The minimum atomic E-state index is 0.203. The maximum atomic E-state index is 2.35. The first-order chi connectivity index (χ1) is 24.0. The molecule has 0 saturated heterocycles. The van der Waals surface area contributed by atoms with Crippen LogP contribution in [0.1, 0.15) is 63.8 Å². The van der Waals surface area contributed by atoms with E-state index in [0.29, 0.717) is 0 Å². The van der Waals surface area contributed by atoms with E-state index in [2.05, 4.69) is 211 Å². The molecule has 8 aromatic carbocycles. The van der Waals surface area contributed by atoms with E-state index in [-0.39, 0.29) is 10.8 Å². The normalized spacial score (nSPS) is 11.5. The van der Waals surface area contributed by atoms with E-state index in [4.69, 9.17) is 0 Å². The van der Waals surface area contributed by atoms with Crippen molar-refractivity contribution in [2.75, 3.05) is 0 Å². The molecule has 0 aliphatic carbocycles. The van der Waals surface area contributed by atoms with Crippen LogP contribution in [0.25, 0.3) is 43.4 Å². The molecule has 0 amide bonds. The largest absolute Gasteiger partial charge is 0.168 e. The standard InChI is InChI=1S/C21H25.C15H11.C13H10.Zr/c1-20(2,3)16-7-9-18-14(12-16)11-15-13-17(21(4,5)6)8-10-19(15)18;1-2-6-12(7-3-1)14-10-4-8-13-9-5-11-15(13)14;1-3-7-12(8-4-1)11-13-9-5-2-6-10-13;/h7-13H,1-6H3;1-11H;1-10H;/q2*-1;;+2. The molecule has 0 aromatic heterocycles. The monoisotopic (exact) mass is 724 g/mol. The van der Waals surface area contributed by atoms with Gasteiger partial charge in [-0.3, -0.25) is 0 Å². The van der Waals surface area contributed by atoms with Crippen LogP contribution in [-0.2, 0) is 35.1 Å². The third-order valence-electron chi connectivity index (χ3n) is 9.32. The molecule has 0 heterocycles. The predicted molar refractivity (Wildman–Crippen MR) is 216 cm³/mol. The SMILES string of the molecule is CC(C)(C)c1ccc2c(c1)[cH-]c1cc(C(C)(C)C)ccc12.[Zr+2]=[C](c1ccccc1)c1ccccc1.c1ccc(-c2cccc3[cH-]ccc23)cc1. The van der Waals surface area contributed by atoms with Gasteiger partial charge in [0.1, 0.15) is 0 Å². The maximum Gasteiger partial charge on any atom is -0.0279 e. The van der Waals surface area contributed by atoms with Crippen LogP contribution in [0.15, 0.2) is 170 Å². The number of hydrogen-bond donors (Lipinski definition) is 0. The van der Waals surface area contributed by atoms with Crippen molar-refractivity contribution in [2.24, 2.45) is 0 Å². The van der Waals surface area contributed by atoms with Gasteiger partial charge in [-0.15, -0.1) is 68.7 Å². The van der Waals surface area contributed by atoms with Crippen LogP contribution >= 0.6 is 0 Å². The Kier molecular flexibility index (Phi) is 10.8. The first kappa shape index (κ1) is 35.4. The summed E-state index contributed by atoms with van der Waals surface area (Å²) in [6, 6.07) is 60.7. The van der Waals surface area contributed by atoms with Crippen molar-refractivity contribution in [2.45, 2.75) is 52.4 Å². The molecule has 0 aliphatic rings. The second-order valence-corrected chi connectivity index (χ2v) is 16.3. The maximum absolute atomic E-state index is 2.35. The van der Waals surface area contributed by atoms with Gasteiger partial charge in [-0.25, -0.2) is 0 Å². The quantitative estimate of drug-likeness (QED) is 0.159. The molecule has 0 radical (unpaired) electrons. The average molecular weight is 726 g/mol. The van der Waals surface area contributed by atoms with Crippen LogP contribution in [-0.4, -0.2) is 3.21 Å². The molecule has 8 rings (SSSR count). The summed E-state index contributed by atoms with van der Waals surface area (Å²) in [5.74, 6) is 0. The fourth-order valence-electron chi connectivity index (χ4n) is 6.36. The second-order valence-electron chi connectivity index (χ2n) is 15.1. The molecule has 0 atom stereocenters. The van der Waals surface area contributed by atoms with Gasteiger partial charge in [0.25, 0.3) is 0 Å². The van der Waals surface area contributed by atoms with Crippen molar-refractivity contribution in [3.8, 4) is 11.1 Å². The molecule has 1 heteroatoms. The smallest absolute Gasteiger partial charge is 0.0279 e. The van der Waals surface area contributed by atoms with Crippen molar-refractivity contribution in [3.63, 3.8) is 0 Å². The summed E-state index contributed by atoms with van der Waals surface area (Å²) in [4.78, 5) is 0. The summed E-state index contributed by atoms with van der Waals surface area (Å²) in [7, 11) is 0. The van der Waals surface area contributed by atoms with Crippen LogP contribution in [0.3, 0.4) is 0 Å². The van der Waals surface area contributed by atoms with Gasteiger partial charge in [0, 0.05) is 0 Å². The Hall–Kier alpha value is -4.45. The first-order valence-corrected chi connectivity index (χ1v) is 18.8. The molecule has 0 N–H and O–H groups in total. The van der Waals surface area contributed by atoms with E-state index in [1.165, 1.54) is 93.1 Å². The van der Waals surface area contributed by atoms with Crippen molar-refractivity contribution < 1.29 is 24.2 Å². The summed E-state index contributed by atoms with van der Waals surface area (Å²) < 4.78 is 1.42. The Morgan fingerprint density at radius 2 is 0.940 bits per heavy atom. The number of hydrogen-bond acceptors (Lipinski definition) is 0. The van der Waals surface area contributed by atoms with Gasteiger partial charge in [-0.1, -0.05) is 119 Å². The van der Waals surface area contributed by atoms with Gasteiger partial charge in [-0.2, -0.15) is 12.1 Å². The van der Waals surface area contributed by atoms with Crippen molar-refractivity contribution >= 4 is 35.5 Å². The van der Waals surface area contributed by atoms with Crippen LogP contribution < -0.4 is 0 Å². The van der Waals surface area contributed by atoms with Gasteiger partial charge < -0.3 is 0 Å². The third kappa shape index (κ3) is 8.29. The van der Waals surface area contributed by atoms with Crippen LogP contribution in [0.2, 0.25) is 0 Å². The number of rotatable bonds is 3. The summed E-state index contributed by atoms with van der Waals surface area (Å²) in [6.45, 7) is 13.6. The van der Waals surface area contributed by atoms with Gasteiger partial charge >= 0.3 is 99.2 Å². The Morgan fingerprint density at radius 1 is 0.460 bits per heavy atom. The number of fused-ring (bicyclic) bond motifs is 4. The zero-order chi connectivity index (χ0) is 35.3. The molecule has 0 aliphatic heterocycles. The van der Waals surface area contributed by atoms with E-state index in [0.717, 1.165) is 0 Å². The van der Waals surface area contributed by atoms with Crippen LogP contribution in [0.5, 0.6) is 0 Å². The van der Waals surface area contributed by atoms with E-state index in [9.17, 15) is 0 Å². The van der Waals surface area contributed by atoms with Gasteiger partial charge in [-0.05, 0) is 16.4 Å². The fraction of sp³-hybridized carbons (Fsp3) is 0.163. The summed E-state index contributed by atoms with van der Waals surface area (Å²) in [6.07, 6.45) is 0. The Morgan fingerprint density at radius 3 is 1.42 bits per heavy atom. The third-order valence-corrected chi connectivity index (χ3v) is 10.7. The van der Waals surface area contributed by atoms with E-state index < -0.39 is 0 Å². The summed E-state index contributed by atoms with van der Waals surface area (Å²) in [5.41, 5.74) is 8.48. The van der Waals surface area contributed by atoms with Crippen molar-refractivity contribution in [3.05, 3.63) is 192 Å². The zero-order valence-electron chi connectivity index (χ0n) is 30.2. The minimum absolute atomic E-state index is 0.203. The molecule has 0 bridgehead atoms. The average Bonchev–Trinajstić information content (AvgIpc) is 3.76. The molecule has 0 nitrogen and oxygen atoms in total. The molecular formula is C49H46Zr. The molecule has 0 fully saturated rings. The van der Waals surface area contributed by atoms with Crippen LogP contribution in [0.4, 0.5) is 0 Å². The Labute approximate surface area is 313 Å². The second kappa shape index (κ2) is 15.2. The zero-order valence-corrected chi connectivity index (χ0v) is 32.6. The minimum Gasteiger partial charge on any atom is -0.168 e. The van der Waals surface area contributed by atoms with E-state index in [1.807, 2.05) is 0 Å². The summed E-state index contributed by atoms with van der Waals surface area (Å²) >= 11 is 1.46. The molecule has 0 spiro atoms. The Bertz CT molecular complexity index is 2210. The van der Waals surface area contributed by atoms with Gasteiger partial charge in [0.2, 0.25) is 0 Å². The molecule has 246 valence electrons. The van der Waals surface area contributed by atoms with Gasteiger partial charge in [0.15, 0.2) is 0 Å². The molecule has 0 unspecified atom stereocenters. The molecule has 50 heavy (non-hydrogen) atoms. The predicted octanol–water partition coefficient (Wildman–Crippen LogP) is 13.3. The van der Waals surface area contributed by atoms with Gasteiger partial charge in [0.05, 0.1) is 0 Å². The van der Waals surface area contributed by atoms with Crippen LogP contribution in [0, 0.1) is 0 Å². The number of benzene rings is 6. The molecule has 0 saturated carbocycles. The molecular weight excluding hydrogens is 680 g/mol. The first-order valence-electron chi connectivity index (χ1n) is 17.5. The summed E-state index contributed by atoms with van der Waals surface area (Å²) in [5, 5.41) is 8.13. The topological polar surface area (TPSA) is 0 Å². The van der Waals surface area contributed by atoms with E-state index >= 15 is 0 Å². The van der Waals surface area contributed by atoms with Crippen molar-refractivity contribution in [1.82, 2.24) is 0 Å². The Balaban J connectivity index is 0.000000133. The molecule has 8 aromatic rings. The van der Waals surface area contributed by atoms with Crippen molar-refractivity contribution in [1.29, 1.82) is 0 Å². The van der Waals surface area contributed by atoms with E-state index in [1.54, 1.807) is 0 Å². The fourth-order valence-corrected chi connectivity index (χ4v) is 7.18.